The molecule has 102 valence electrons. The van der Waals surface area contributed by atoms with Gasteiger partial charge in [-0.1, -0.05) is 6.07 Å². The maximum Gasteiger partial charge on any atom is 0.238 e. The average Bonchev–Trinajstić information content (AvgIpc) is 2.30. The van der Waals surface area contributed by atoms with Crippen LogP contribution in [0.15, 0.2) is 18.2 Å². The smallest absolute Gasteiger partial charge is 0.238 e. The van der Waals surface area contributed by atoms with Gasteiger partial charge in [0.2, 0.25) is 5.91 Å². The summed E-state index contributed by atoms with van der Waals surface area (Å²) in [7, 11) is 1.64. The quantitative estimate of drug-likeness (QED) is 0.778. The molecule has 1 aromatic rings. The fourth-order valence-corrected chi connectivity index (χ4v) is 1.40. The van der Waals surface area contributed by atoms with Gasteiger partial charge in [-0.3, -0.25) is 4.79 Å². The molecule has 0 fully saturated rings. The molecule has 4 nitrogen and oxygen atoms in total. The van der Waals surface area contributed by atoms with Gasteiger partial charge in [-0.2, -0.15) is 0 Å². The van der Waals surface area contributed by atoms with E-state index in [-0.39, 0.29) is 18.3 Å². The van der Waals surface area contributed by atoms with Crippen molar-refractivity contribution in [3.63, 3.8) is 0 Å². The molecule has 0 heterocycles. The number of hydrogen-bond donors (Lipinski definition) is 2. The van der Waals surface area contributed by atoms with E-state index in [1.54, 1.807) is 7.11 Å². The van der Waals surface area contributed by atoms with E-state index in [0.717, 1.165) is 5.69 Å². The highest BCUT2D eigenvalue weighted by atomic mass is 35.5. The van der Waals surface area contributed by atoms with E-state index in [1.165, 1.54) is 11.1 Å². The van der Waals surface area contributed by atoms with E-state index < -0.39 is 0 Å². The van der Waals surface area contributed by atoms with Gasteiger partial charge in [0.1, 0.15) is 0 Å². The number of ether oxygens (including phenoxy) is 1. The monoisotopic (exact) mass is 272 g/mol. The SMILES string of the molecule is COCCNCC(=O)Nc1ccc(C)c(C)c1.Cl. The largest absolute Gasteiger partial charge is 0.383 e. The Morgan fingerprint density at radius 2 is 2.00 bits per heavy atom. The first kappa shape index (κ1) is 16.9. The van der Waals surface area contributed by atoms with Gasteiger partial charge in [0.05, 0.1) is 13.2 Å². The zero-order chi connectivity index (χ0) is 12.7. The fourth-order valence-electron chi connectivity index (χ4n) is 1.40. The minimum Gasteiger partial charge on any atom is -0.383 e. The van der Waals surface area contributed by atoms with E-state index in [1.807, 2.05) is 32.0 Å². The molecule has 0 unspecified atom stereocenters. The van der Waals surface area contributed by atoms with Crippen molar-refractivity contribution in [1.82, 2.24) is 5.32 Å². The normalized spacial score (nSPS) is 9.72. The van der Waals surface area contributed by atoms with Gasteiger partial charge in [-0.15, -0.1) is 12.4 Å². The molecule has 0 aromatic heterocycles. The van der Waals surface area contributed by atoms with Crippen LogP contribution in [0.2, 0.25) is 0 Å². The number of aryl methyl sites for hydroxylation is 2. The van der Waals surface area contributed by atoms with Crippen LogP contribution in [0.1, 0.15) is 11.1 Å². The first-order valence-electron chi connectivity index (χ1n) is 5.70. The lowest BCUT2D eigenvalue weighted by molar-refractivity contribution is -0.115. The van der Waals surface area contributed by atoms with Crippen molar-refractivity contribution in [2.75, 3.05) is 32.1 Å². The molecule has 0 saturated carbocycles. The predicted octanol–water partition coefficient (Wildman–Crippen LogP) is 1.90. The maximum absolute atomic E-state index is 11.6. The summed E-state index contributed by atoms with van der Waals surface area (Å²) >= 11 is 0. The van der Waals surface area contributed by atoms with E-state index in [9.17, 15) is 4.79 Å². The second-order valence-corrected chi connectivity index (χ2v) is 4.02. The summed E-state index contributed by atoms with van der Waals surface area (Å²) in [6.07, 6.45) is 0. The van der Waals surface area contributed by atoms with E-state index >= 15 is 0 Å². The van der Waals surface area contributed by atoms with Crippen LogP contribution in [0.25, 0.3) is 0 Å². The molecule has 2 N–H and O–H groups in total. The van der Waals surface area contributed by atoms with E-state index in [2.05, 4.69) is 10.6 Å². The van der Waals surface area contributed by atoms with Gasteiger partial charge >= 0.3 is 0 Å². The summed E-state index contributed by atoms with van der Waals surface area (Å²) in [5, 5.41) is 5.84. The number of nitrogens with one attached hydrogen (secondary N) is 2. The molecule has 1 rings (SSSR count). The second-order valence-electron chi connectivity index (χ2n) is 4.02. The van der Waals surface area contributed by atoms with Crippen LogP contribution in [0, 0.1) is 13.8 Å². The molecule has 0 aliphatic carbocycles. The third-order valence-corrected chi connectivity index (χ3v) is 2.56. The Morgan fingerprint density at radius 1 is 1.28 bits per heavy atom. The zero-order valence-corrected chi connectivity index (χ0v) is 11.9. The number of carbonyl (C=O) groups excluding carboxylic acids is 1. The molecule has 1 aromatic carbocycles. The third kappa shape index (κ3) is 6.00. The number of anilines is 1. The number of halogens is 1. The summed E-state index contributed by atoms with van der Waals surface area (Å²) in [5.74, 6) is -0.0376. The summed E-state index contributed by atoms with van der Waals surface area (Å²) in [6.45, 7) is 5.67. The van der Waals surface area contributed by atoms with Gasteiger partial charge in [-0.25, -0.2) is 0 Å². The molecule has 18 heavy (non-hydrogen) atoms. The number of rotatable bonds is 6. The number of amides is 1. The first-order valence-corrected chi connectivity index (χ1v) is 5.70. The molecular formula is C13H21ClN2O2. The predicted molar refractivity (Wildman–Crippen MR) is 76.5 cm³/mol. The van der Waals surface area contributed by atoms with Crippen LogP contribution < -0.4 is 10.6 Å². The number of carbonyl (C=O) groups is 1. The minimum atomic E-state index is -0.0376. The van der Waals surface area contributed by atoms with Gasteiger partial charge in [0.25, 0.3) is 0 Å². The van der Waals surface area contributed by atoms with Crippen molar-refractivity contribution in [1.29, 1.82) is 0 Å². The molecule has 0 spiro atoms. The Hall–Kier alpha value is -1.10. The first-order chi connectivity index (χ1) is 8.13. The summed E-state index contributed by atoms with van der Waals surface area (Å²) in [5.41, 5.74) is 3.24. The Bertz CT molecular complexity index is 383. The highest BCUT2D eigenvalue weighted by Gasteiger charge is 2.02. The fraction of sp³-hybridized carbons (Fsp3) is 0.462. The molecular weight excluding hydrogens is 252 g/mol. The van der Waals surface area contributed by atoms with Crippen LogP contribution in [-0.2, 0) is 9.53 Å². The highest BCUT2D eigenvalue weighted by Crippen LogP contribution is 2.13. The number of benzene rings is 1. The van der Waals surface area contributed by atoms with Gasteiger partial charge in [0, 0.05) is 19.3 Å². The molecule has 0 atom stereocenters. The molecule has 0 aliphatic rings. The lowest BCUT2D eigenvalue weighted by Crippen LogP contribution is -2.30. The Morgan fingerprint density at radius 3 is 2.61 bits per heavy atom. The Labute approximate surface area is 115 Å². The van der Waals surface area contributed by atoms with Gasteiger partial charge in [0.15, 0.2) is 0 Å². The van der Waals surface area contributed by atoms with Crippen molar-refractivity contribution in [2.45, 2.75) is 13.8 Å². The number of methoxy groups -OCH3 is 1. The van der Waals surface area contributed by atoms with E-state index in [0.29, 0.717) is 19.7 Å². The highest BCUT2D eigenvalue weighted by molar-refractivity contribution is 5.92. The number of hydrogen-bond acceptors (Lipinski definition) is 3. The van der Waals surface area contributed by atoms with Crippen molar-refractivity contribution in [3.05, 3.63) is 29.3 Å². The van der Waals surface area contributed by atoms with Crippen LogP contribution in [-0.4, -0.2) is 32.7 Å². The summed E-state index contributed by atoms with van der Waals surface area (Å²) < 4.78 is 4.88. The Balaban J connectivity index is 0.00000289. The minimum absolute atomic E-state index is 0. The summed E-state index contributed by atoms with van der Waals surface area (Å²) in [6, 6.07) is 5.89. The zero-order valence-electron chi connectivity index (χ0n) is 11.1. The molecule has 0 aliphatic heterocycles. The Kier molecular flexibility index (Phi) is 8.37. The van der Waals surface area contributed by atoms with Crippen molar-refractivity contribution >= 4 is 24.0 Å². The topological polar surface area (TPSA) is 50.4 Å². The third-order valence-electron chi connectivity index (χ3n) is 2.56. The van der Waals surface area contributed by atoms with Crippen molar-refractivity contribution in [2.24, 2.45) is 0 Å². The summed E-state index contributed by atoms with van der Waals surface area (Å²) in [4.78, 5) is 11.6. The van der Waals surface area contributed by atoms with Crippen LogP contribution in [0.3, 0.4) is 0 Å². The van der Waals surface area contributed by atoms with E-state index in [4.69, 9.17) is 4.74 Å². The maximum atomic E-state index is 11.6. The molecule has 0 saturated heterocycles. The average molecular weight is 273 g/mol. The lowest BCUT2D eigenvalue weighted by Gasteiger charge is -2.08. The van der Waals surface area contributed by atoms with Crippen LogP contribution in [0.4, 0.5) is 5.69 Å². The van der Waals surface area contributed by atoms with Crippen LogP contribution in [0.5, 0.6) is 0 Å². The van der Waals surface area contributed by atoms with Crippen molar-refractivity contribution < 1.29 is 9.53 Å². The van der Waals surface area contributed by atoms with Gasteiger partial charge in [-0.05, 0) is 37.1 Å². The second kappa shape index (κ2) is 8.91. The molecule has 5 heteroatoms. The van der Waals surface area contributed by atoms with Gasteiger partial charge < -0.3 is 15.4 Å². The molecule has 0 bridgehead atoms. The molecule has 0 radical (unpaired) electrons. The van der Waals surface area contributed by atoms with Crippen LogP contribution >= 0.6 is 12.4 Å². The molecule has 1 amide bonds. The standard InChI is InChI=1S/C13H20N2O2.ClH/c1-10-4-5-12(8-11(10)2)15-13(16)9-14-6-7-17-3;/h4-5,8,14H,6-7,9H2,1-3H3,(H,15,16);1H. The lowest BCUT2D eigenvalue weighted by atomic mass is 10.1. The van der Waals surface area contributed by atoms with Crippen molar-refractivity contribution in [3.8, 4) is 0 Å².